The zero-order valence-electron chi connectivity index (χ0n) is 18.6. The van der Waals surface area contributed by atoms with E-state index in [1.54, 1.807) is 55.7 Å². The molecule has 0 aromatic heterocycles. The lowest BCUT2D eigenvalue weighted by Crippen LogP contribution is -2.27. The number of nitrogens with one attached hydrogen (secondary N) is 1. The number of ether oxygens (including phenoxy) is 2. The molecule has 3 amide bonds. The maximum Gasteiger partial charge on any atom is 0.293 e. The standard InChI is InChI=1S/C26H22N2O5S/c1-32-21-13-10-18(14-22(21)33-2)15-23-25(30)28(26(31)34-23)16-17-8-11-19(12-9-17)24(29)27-20-6-4-3-5-7-20/h3-15H,16H2,1-2H3,(H,27,29). The van der Waals surface area contributed by atoms with E-state index in [0.717, 1.165) is 22.9 Å². The summed E-state index contributed by atoms with van der Waals surface area (Å²) < 4.78 is 10.5. The highest BCUT2D eigenvalue weighted by molar-refractivity contribution is 8.18. The predicted molar refractivity (Wildman–Crippen MR) is 132 cm³/mol. The molecule has 1 aliphatic rings. The fourth-order valence-corrected chi connectivity index (χ4v) is 4.24. The first-order chi connectivity index (χ1) is 16.5. The number of methoxy groups -OCH3 is 2. The number of rotatable bonds is 7. The molecule has 1 N–H and O–H groups in total. The molecule has 3 aromatic carbocycles. The van der Waals surface area contributed by atoms with Crippen LogP contribution in [0.15, 0.2) is 77.7 Å². The average molecular weight is 475 g/mol. The van der Waals surface area contributed by atoms with E-state index in [4.69, 9.17) is 9.47 Å². The molecular weight excluding hydrogens is 452 g/mol. The molecular formula is C26H22N2O5S. The fourth-order valence-electron chi connectivity index (χ4n) is 3.40. The largest absolute Gasteiger partial charge is 0.493 e. The van der Waals surface area contributed by atoms with Crippen LogP contribution < -0.4 is 14.8 Å². The van der Waals surface area contributed by atoms with Crippen LogP contribution in [0.1, 0.15) is 21.5 Å². The summed E-state index contributed by atoms with van der Waals surface area (Å²) in [7, 11) is 3.08. The molecule has 1 heterocycles. The van der Waals surface area contributed by atoms with E-state index in [-0.39, 0.29) is 23.6 Å². The highest BCUT2D eigenvalue weighted by Gasteiger charge is 2.35. The van der Waals surface area contributed by atoms with E-state index in [0.29, 0.717) is 27.7 Å². The van der Waals surface area contributed by atoms with E-state index in [2.05, 4.69) is 5.32 Å². The first-order valence-corrected chi connectivity index (χ1v) is 11.2. The zero-order valence-corrected chi connectivity index (χ0v) is 19.4. The summed E-state index contributed by atoms with van der Waals surface area (Å²) in [4.78, 5) is 39.3. The molecule has 8 heteroatoms. The minimum absolute atomic E-state index is 0.120. The van der Waals surface area contributed by atoms with Gasteiger partial charge in [0.25, 0.3) is 17.1 Å². The molecule has 3 aromatic rings. The summed E-state index contributed by atoms with van der Waals surface area (Å²) in [5, 5.41) is 2.48. The topological polar surface area (TPSA) is 84.9 Å². The second-order valence-electron chi connectivity index (χ2n) is 7.40. The molecule has 1 fully saturated rings. The number of carbonyl (C=O) groups is 3. The summed E-state index contributed by atoms with van der Waals surface area (Å²) >= 11 is 0.891. The molecule has 7 nitrogen and oxygen atoms in total. The van der Waals surface area contributed by atoms with Crippen LogP contribution in [0.2, 0.25) is 0 Å². The van der Waals surface area contributed by atoms with Crippen LogP contribution >= 0.6 is 11.8 Å². The van der Waals surface area contributed by atoms with Crippen molar-refractivity contribution >= 4 is 40.6 Å². The van der Waals surface area contributed by atoms with Crippen LogP contribution in [0.5, 0.6) is 11.5 Å². The molecule has 1 saturated heterocycles. The van der Waals surface area contributed by atoms with Gasteiger partial charge in [-0.2, -0.15) is 0 Å². The van der Waals surface area contributed by atoms with Crippen molar-refractivity contribution in [2.45, 2.75) is 6.54 Å². The Morgan fingerprint density at radius 2 is 1.65 bits per heavy atom. The van der Waals surface area contributed by atoms with Gasteiger partial charge in [-0.3, -0.25) is 19.3 Å². The van der Waals surface area contributed by atoms with Crippen molar-refractivity contribution < 1.29 is 23.9 Å². The number of anilines is 1. The fraction of sp³-hybridized carbons (Fsp3) is 0.115. The van der Waals surface area contributed by atoms with E-state index in [1.165, 1.54) is 12.0 Å². The van der Waals surface area contributed by atoms with Gasteiger partial charge in [0.15, 0.2) is 11.5 Å². The van der Waals surface area contributed by atoms with Crippen molar-refractivity contribution in [2.75, 3.05) is 19.5 Å². The van der Waals surface area contributed by atoms with Crippen LogP contribution in [0.4, 0.5) is 10.5 Å². The van der Waals surface area contributed by atoms with Crippen molar-refractivity contribution in [3.63, 3.8) is 0 Å². The quantitative estimate of drug-likeness (QED) is 0.474. The van der Waals surface area contributed by atoms with Gasteiger partial charge >= 0.3 is 0 Å². The van der Waals surface area contributed by atoms with Crippen LogP contribution in [0.3, 0.4) is 0 Å². The summed E-state index contributed by atoms with van der Waals surface area (Å²) in [6, 6.07) is 21.3. The Bertz CT molecular complexity index is 1260. The summed E-state index contributed by atoms with van der Waals surface area (Å²) in [5.74, 6) is 0.512. The van der Waals surface area contributed by atoms with Gasteiger partial charge in [0.1, 0.15) is 0 Å². The minimum atomic E-state index is -0.365. The second-order valence-corrected chi connectivity index (χ2v) is 8.39. The summed E-state index contributed by atoms with van der Waals surface area (Å²) in [6.45, 7) is 0.120. The number of nitrogens with zero attached hydrogens (tertiary/aromatic N) is 1. The molecule has 172 valence electrons. The number of thioether (sulfide) groups is 1. The first kappa shape index (κ1) is 23.1. The Morgan fingerprint density at radius 3 is 2.32 bits per heavy atom. The van der Waals surface area contributed by atoms with Crippen molar-refractivity contribution in [1.29, 1.82) is 0 Å². The Morgan fingerprint density at radius 1 is 0.941 bits per heavy atom. The van der Waals surface area contributed by atoms with E-state index in [1.807, 2.05) is 30.3 Å². The van der Waals surface area contributed by atoms with Gasteiger partial charge in [-0.05, 0) is 65.4 Å². The third-order valence-corrected chi connectivity index (χ3v) is 6.07. The summed E-state index contributed by atoms with van der Waals surface area (Å²) in [5.41, 5.74) is 2.65. The molecule has 0 atom stereocenters. The van der Waals surface area contributed by atoms with Crippen LogP contribution in [0.25, 0.3) is 6.08 Å². The number of hydrogen-bond acceptors (Lipinski definition) is 6. The normalized spacial score (nSPS) is 14.4. The van der Waals surface area contributed by atoms with E-state index >= 15 is 0 Å². The van der Waals surface area contributed by atoms with Crippen LogP contribution in [0, 0.1) is 0 Å². The van der Waals surface area contributed by atoms with Gasteiger partial charge in [0.2, 0.25) is 0 Å². The number of imide groups is 1. The molecule has 1 aliphatic heterocycles. The van der Waals surface area contributed by atoms with Crippen molar-refractivity contribution in [2.24, 2.45) is 0 Å². The van der Waals surface area contributed by atoms with Gasteiger partial charge in [-0.1, -0.05) is 36.4 Å². The summed E-state index contributed by atoms with van der Waals surface area (Å²) in [6.07, 6.45) is 1.66. The van der Waals surface area contributed by atoms with Crippen LogP contribution in [-0.2, 0) is 11.3 Å². The monoisotopic (exact) mass is 474 g/mol. The van der Waals surface area contributed by atoms with Gasteiger partial charge in [-0.25, -0.2) is 0 Å². The minimum Gasteiger partial charge on any atom is -0.493 e. The molecule has 4 rings (SSSR count). The van der Waals surface area contributed by atoms with Crippen LogP contribution in [-0.4, -0.2) is 36.2 Å². The third-order valence-electron chi connectivity index (χ3n) is 5.17. The molecule has 0 unspecified atom stereocenters. The third kappa shape index (κ3) is 5.13. The van der Waals surface area contributed by atoms with Gasteiger partial charge in [0, 0.05) is 11.3 Å². The smallest absolute Gasteiger partial charge is 0.293 e. The first-order valence-electron chi connectivity index (χ1n) is 10.4. The lowest BCUT2D eigenvalue weighted by molar-refractivity contribution is -0.123. The molecule has 0 radical (unpaired) electrons. The van der Waals surface area contributed by atoms with Gasteiger partial charge < -0.3 is 14.8 Å². The SMILES string of the molecule is COc1ccc(C=C2SC(=O)N(Cc3ccc(C(=O)Nc4ccccc4)cc3)C2=O)cc1OC. The van der Waals surface area contributed by atoms with Crippen molar-refractivity contribution in [1.82, 2.24) is 4.90 Å². The highest BCUT2D eigenvalue weighted by atomic mass is 32.2. The van der Waals surface area contributed by atoms with Crippen molar-refractivity contribution in [3.05, 3.63) is 94.4 Å². The Hall–Kier alpha value is -4.04. The van der Waals surface area contributed by atoms with E-state index < -0.39 is 0 Å². The predicted octanol–water partition coefficient (Wildman–Crippen LogP) is 5.19. The number of amides is 3. The maximum absolute atomic E-state index is 12.9. The van der Waals surface area contributed by atoms with Gasteiger partial charge in [0.05, 0.1) is 25.7 Å². The highest BCUT2D eigenvalue weighted by Crippen LogP contribution is 2.35. The number of carbonyl (C=O) groups excluding carboxylic acids is 3. The zero-order chi connectivity index (χ0) is 24.1. The Labute approximate surface area is 201 Å². The average Bonchev–Trinajstić information content (AvgIpc) is 3.12. The lowest BCUT2D eigenvalue weighted by atomic mass is 10.1. The molecule has 0 aliphatic carbocycles. The maximum atomic E-state index is 12.9. The number of para-hydroxylation sites is 1. The Balaban J connectivity index is 1.44. The Kier molecular flexibility index (Phi) is 6.98. The number of hydrogen-bond donors (Lipinski definition) is 1. The lowest BCUT2D eigenvalue weighted by Gasteiger charge is -2.13. The molecule has 0 saturated carbocycles. The van der Waals surface area contributed by atoms with E-state index in [9.17, 15) is 14.4 Å². The molecule has 34 heavy (non-hydrogen) atoms. The second kappa shape index (κ2) is 10.3. The molecule has 0 bridgehead atoms. The van der Waals surface area contributed by atoms with Crippen molar-refractivity contribution in [3.8, 4) is 11.5 Å². The molecule has 0 spiro atoms. The number of benzene rings is 3. The van der Waals surface area contributed by atoms with Gasteiger partial charge in [-0.15, -0.1) is 0 Å².